The molecular formula is C12H15N3O5S. The lowest BCUT2D eigenvalue weighted by atomic mass is 10.1. The van der Waals surface area contributed by atoms with Gasteiger partial charge < -0.3 is 5.32 Å². The zero-order valence-corrected chi connectivity index (χ0v) is 12.1. The van der Waals surface area contributed by atoms with Crippen molar-refractivity contribution in [2.75, 3.05) is 6.54 Å². The van der Waals surface area contributed by atoms with E-state index in [4.69, 9.17) is 5.14 Å². The largest absolute Gasteiger partial charge is 0.352 e. The molecule has 1 aliphatic rings. The molecule has 1 saturated carbocycles. The molecular weight excluding hydrogens is 298 g/mol. The van der Waals surface area contributed by atoms with Gasteiger partial charge in [-0.25, -0.2) is 13.6 Å². The summed E-state index contributed by atoms with van der Waals surface area (Å²) in [5.41, 5.74) is -0.615. The molecule has 3 N–H and O–H groups in total. The number of carbonyl (C=O) groups is 1. The van der Waals surface area contributed by atoms with Crippen LogP contribution in [0.25, 0.3) is 0 Å². The summed E-state index contributed by atoms with van der Waals surface area (Å²) in [6.07, 6.45) is 2.08. The van der Waals surface area contributed by atoms with E-state index in [1.807, 2.05) is 0 Å². The zero-order chi connectivity index (χ0) is 15.8. The molecule has 0 atom stereocenters. The van der Waals surface area contributed by atoms with Gasteiger partial charge in [-0.2, -0.15) is 0 Å². The number of nitrogens with zero attached hydrogens (tertiary/aromatic N) is 1. The molecule has 0 aliphatic heterocycles. The van der Waals surface area contributed by atoms with Crippen LogP contribution in [-0.4, -0.2) is 25.8 Å². The molecule has 21 heavy (non-hydrogen) atoms. The van der Waals surface area contributed by atoms with Crippen LogP contribution < -0.4 is 10.5 Å². The second-order valence-corrected chi connectivity index (χ2v) is 6.60. The molecule has 1 amide bonds. The number of nitrogens with two attached hydrogens (primary N) is 1. The average molecular weight is 313 g/mol. The highest BCUT2D eigenvalue weighted by molar-refractivity contribution is 7.89. The number of nitrogens with one attached hydrogen (secondary N) is 1. The van der Waals surface area contributed by atoms with Gasteiger partial charge in [0.15, 0.2) is 0 Å². The van der Waals surface area contributed by atoms with Crippen LogP contribution in [0.15, 0.2) is 17.0 Å². The second-order valence-electron chi connectivity index (χ2n) is 5.07. The lowest BCUT2D eigenvalue weighted by molar-refractivity contribution is -0.385. The number of sulfonamides is 1. The van der Waals surface area contributed by atoms with Crippen molar-refractivity contribution in [3.8, 4) is 0 Å². The minimum atomic E-state index is -4.15. The van der Waals surface area contributed by atoms with Crippen molar-refractivity contribution in [2.45, 2.75) is 24.7 Å². The molecule has 114 valence electrons. The van der Waals surface area contributed by atoms with Crippen LogP contribution >= 0.6 is 0 Å². The van der Waals surface area contributed by atoms with Crippen LogP contribution in [0.4, 0.5) is 5.69 Å². The van der Waals surface area contributed by atoms with Gasteiger partial charge in [0.25, 0.3) is 11.6 Å². The maximum absolute atomic E-state index is 12.0. The fraction of sp³-hybridized carbons (Fsp3) is 0.417. The fourth-order valence-electron chi connectivity index (χ4n) is 1.95. The first-order valence-electron chi connectivity index (χ1n) is 6.30. The number of hydrogen-bond acceptors (Lipinski definition) is 5. The first-order valence-corrected chi connectivity index (χ1v) is 7.85. The van der Waals surface area contributed by atoms with Gasteiger partial charge in [0.05, 0.1) is 9.82 Å². The van der Waals surface area contributed by atoms with Gasteiger partial charge in [-0.3, -0.25) is 14.9 Å². The molecule has 0 heterocycles. The van der Waals surface area contributed by atoms with Crippen molar-refractivity contribution < 1.29 is 18.1 Å². The number of nitro groups is 1. The molecule has 2 rings (SSSR count). The van der Waals surface area contributed by atoms with Gasteiger partial charge in [-0.15, -0.1) is 0 Å². The fourth-order valence-corrected chi connectivity index (χ4v) is 2.77. The van der Waals surface area contributed by atoms with Crippen molar-refractivity contribution in [3.63, 3.8) is 0 Å². The highest BCUT2D eigenvalue weighted by Crippen LogP contribution is 2.29. The van der Waals surface area contributed by atoms with Crippen LogP contribution in [0.3, 0.4) is 0 Å². The molecule has 0 unspecified atom stereocenters. The van der Waals surface area contributed by atoms with E-state index < -0.39 is 31.4 Å². The summed E-state index contributed by atoms with van der Waals surface area (Å²) in [6, 6.07) is 2.13. The van der Waals surface area contributed by atoms with Crippen molar-refractivity contribution in [3.05, 3.63) is 33.4 Å². The number of benzene rings is 1. The van der Waals surface area contributed by atoms with Crippen LogP contribution in [0.5, 0.6) is 0 Å². The Labute approximate surface area is 121 Å². The smallest absolute Gasteiger partial charge is 0.274 e. The Morgan fingerprint density at radius 1 is 1.48 bits per heavy atom. The minimum Gasteiger partial charge on any atom is -0.352 e. The van der Waals surface area contributed by atoms with Crippen LogP contribution in [-0.2, 0) is 10.0 Å². The Balaban J connectivity index is 2.43. The topological polar surface area (TPSA) is 132 Å². The molecule has 1 aromatic rings. The quantitative estimate of drug-likeness (QED) is 0.609. The highest BCUT2D eigenvalue weighted by Gasteiger charge is 2.26. The monoisotopic (exact) mass is 313 g/mol. The van der Waals surface area contributed by atoms with Crippen LogP contribution in [0.2, 0.25) is 0 Å². The predicted molar refractivity (Wildman–Crippen MR) is 74.3 cm³/mol. The lowest BCUT2D eigenvalue weighted by Crippen LogP contribution is -2.26. The van der Waals surface area contributed by atoms with E-state index in [2.05, 4.69) is 5.32 Å². The molecule has 0 aromatic heterocycles. The van der Waals surface area contributed by atoms with Crippen LogP contribution in [0, 0.1) is 23.0 Å². The van der Waals surface area contributed by atoms with Gasteiger partial charge in [-0.05, 0) is 31.7 Å². The molecule has 0 bridgehead atoms. The Kier molecular flexibility index (Phi) is 3.97. The third kappa shape index (κ3) is 3.56. The minimum absolute atomic E-state index is 0.0822. The van der Waals surface area contributed by atoms with E-state index in [1.54, 1.807) is 0 Å². The first-order chi connectivity index (χ1) is 9.70. The number of rotatable bonds is 5. The summed E-state index contributed by atoms with van der Waals surface area (Å²) in [5, 5.41) is 18.7. The van der Waals surface area contributed by atoms with Crippen molar-refractivity contribution in [1.29, 1.82) is 0 Å². The normalized spacial score (nSPS) is 14.8. The van der Waals surface area contributed by atoms with Crippen molar-refractivity contribution in [1.82, 2.24) is 5.32 Å². The number of hydrogen-bond donors (Lipinski definition) is 2. The summed E-state index contributed by atoms with van der Waals surface area (Å²) >= 11 is 0. The first kappa shape index (κ1) is 15.4. The standard InChI is InChI=1S/C12H15N3O5S/c1-7-10(15(17)18)4-9(5-11(7)21(13,19)20)12(16)14-6-8-2-3-8/h4-5,8H,2-3,6H2,1H3,(H,14,16)(H2,13,19,20). The van der Waals surface area contributed by atoms with Gasteiger partial charge in [-0.1, -0.05) is 0 Å². The number of nitro benzene ring substituents is 1. The molecule has 8 nitrogen and oxygen atoms in total. The summed E-state index contributed by atoms with van der Waals surface area (Å²) in [7, 11) is -4.15. The zero-order valence-electron chi connectivity index (χ0n) is 11.3. The maximum Gasteiger partial charge on any atom is 0.274 e. The van der Waals surface area contributed by atoms with Gasteiger partial charge in [0.2, 0.25) is 10.0 Å². The maximum atomic E-state index is 12.0. The molecule has 1 aromatic carbocycles. The van der Waals surface area contributed by atoms with Crippen molar-refractivity contribution in [2.24, 2.45) is 11.1 Å². The van der Waals surface area contributed by atoms with E-state index >= 15 is 0 Å². The molecule has 0 radical (unpaired) electrons. The number of amides is 1. The third-order valence-corrected chi connectivity index (χ3v) is 4.38. The summed E-state index contributed by atoms with van der Waals surface area (Å²) in [5.74, 6) is -0.109. The predicted octanol–water partition coefficient (Wildman–Crippen LogP) is 0.690. The van der Waals surface area contributed by atoms with Gasteiger partial charge in [0, 0.05) is 23.7 Å². The van der Waals surface area contributed by atoms with E-state index in [0.717, 1.165) is 25.0 Å². The van der Waals surface area contributed by atoms with E-state index in [0.29, 0.717) is 12.5 Å². The summed E-state index contributed by atoms with van der Waals surface area (Å²) in [6.45, 7) is 1.76. The molecule has 1 aliphatic carbocycles. The van der Waals surface area contributed by atoms with Crippen molar-refractivity contribution >= 4 is 21.6 Å². The van der Waals surface area contributed by atoms with Gasteiger partial charge >= 0.3 is 0 Å². The molecule has 1 fully saturated rings. The Bertz CT molecular complexity index is 710. The molecule has 0 spiro atoms. The van der Waals surface area contributed by atoms with Crippen LogP contribution in [0.1, 0.15) is 28.8 Å². The number of primary sulfonamides is 1. The SMILES string of the molecule is Cc1c([N+](=O)[O-])cc(C(=O)NCC2CC2)cc1S(N)(=O)=O. The van der Waals surface area contributed by atoms with E-state index in [1.165, 1.54) is 6.92 Å². The summed E-state index contributed by atoms with van der Waals surface area (Å²) < 4.78 is 23.0. The highest BCUT2D eigenvalue weighted by atomic mass is 32.2. The lowest BCUT2D eigenvalue weighted by Gasteiger charge is -2.09. The van der Waals surface area contributed by atoms with Gasteiger partial charge in [0.1, 0.15) is 0 Å². The summed E-state index contributed by atoms with van der Waals surface area (Å²) in [4.78, 5) is 21.8. The Hall–Kier alpha value is -2.00. The number of carbonyl (C=O) groups excluding carboxylic acids is 1. The average Bonchev–Trinajstić information content (AvgIpc) is 3.18. The molecule has 0 saturated heterocycles. The Morgan fingerprint density at radius 3 is 2.57 bits per heavy atom. The second kappa shape index (κ2) is 5.41. The van der Waals surface area contributed by atoms with E-state index in [9.17, 15) is 23.3 Å². The Morgan fingerprint density at radius 2 is 2.10 bits per heavy atom. The van der Waals surface area contributed by atoms with E-state index in [-0.39, 0.29) is 11.1 Å². The molecule has 9 heteroatoms. The third-order valence-electron chi connectivity index (χ3n) is 3.35.